The van der Waals surface area contributed by atoms with Gasteiger partial charge in [-0.25, -0.2) is 32.1 Å². The number of hydrogen-bond donors (Lipinski definition) is 2. The van der Waals surface area contributed by atoms with E-state index < -0.39 is 27.2 Å². The highest BCUT2D eigenvalue weighted by Crippen LogP contribution is 2.26. The summed E-state index contributed by atoms with van der Waals surface area (Å²) in [5.74, 6) is -2.73. The van der Waals surface area contributed by atoms with Gasteiger partial charge in [-0.15, -0.1) is 0 Å². The van der Waals surface area contributed by atoms with Gasteiger partial charge in [0.1, 0.15) is 17.3 Å². The monoisotopic (exact) mass is 451 g/mol. The minimum atomic E-state index is -2.77. The molecular formula is C19H13ClF3N5OS. The van der Waals surface area contributed by atoms with E-state index in [1.807, 2.05) is 0 Å². The van der Waals surface area contributed by atoms with Crippen molar-refractivity contribution >= 4 is 38.3 Å². The van der Waals surface area contributed by atoms with Crippen LogP contribution in [0.2, 0.25) is 5.02 Å². The van der Waals surface area contributed by atoms with E-state index in [1.54, 1.807) is 12.3 Å². The Bertz CT molecular complexity index is 1290. The van der Waals surface area contributed by atoms with Crippen LogP contribution in [0.3, 0.4) is 0 Å². The van der Waals surface area contributed by atoms with Crippen LogP contribution in [-0.4, -0.2) is 25.8 Å². The molecule has 3 rings (SSSR count). The second-order valence-corrected chi connectivity index (χ2v) is 8.83. The topological polar surface area (TPSA) is 90.7 Å². The summed E-state index contributed by atoms with van der Waals surface area (Å²) in [4.78, 5) is 7.78. The first-order valence-corrected chi connectivity index (χ1v) is 10.6. The molecule has 11 heteroatoms. The molecule has 0 aliphatic heterocycles. The van der Waals surface area contributed by atoms with Gasteiger partial charge in [0.25, 0.3) is 0 Å². The number of nitrogens with one attached hydrogen (secondary N) is 2. The van der Waals surface area contributed by atoms with Crippen molar-refractivity contribution < 1.29 is 17.4 Å². The third kappa shape index (κ3) is 5.20. The van der Waals surface area contributed by atoms with E-state index in [0.717, 1.165) is 18.3 Å². The van der Waals surface area contributed by atoms with E-state index in [9.17, 15) is 17.4 Å². The summed E-state index contributed by atoms with van der Waals surface area (Å²) in [6, 6.07) is 7.29. The molecular weight excluding hydrogens is 439 g/mol. The van der Waals surface area contributed by atoms with Gasteiger partial charge in [-0.05, 0) is 35.9 Å². The van der Waals surface area contributed by atoms with Crippen LogP contribution in [0.15, 0.2) is 42.6 Å². The standard InChI is InChI=1S/C19H13ClF3N5OS/c1-30(29,26-10-24)9-11-4-12(20)6-14(5-11)27-19-25-8-17(23)18(28-19)15-3-2-13(21)7-16(15)22/h2-9H,1H3,(H,26,29)(H,25,27,28). The second kappa shape index (κ2) is 8.61. The molecule has 0 aliphatic rings. The van der Waals surface area contributed by atoms with Crippen LogP contribution in [0, 0.1) is 28.9 Å². The summed E-state index contributed by atoms with van der Waals surface area (Å²) in [6.07, 6.45) is 3.81. The van der Waals surface area contributed by atoms with Crippen molar-refractivity contribution in [2.24, 2.45) is 0 Å². The summed E-state index contributed by atoms with van der Waals surface area (Å²) >= 11 is 6.09. The maximum Gasteiger partial charge on any atom is 0.227 e. The van der Waals surface area contributed by atoms with Crippen molar-refractivity contribution in [1.29, 1.82) is 5.26 Å². The second-order valence-electron chi connectivity index (χ2n) is 6.15. The first kappa shape index (κ1) is 21.4. The Balaban J connectivity index is 1.98. The molecule has 0 bridgehead atoms. The van der Waals surface area contributed by atoms with E-state index in [2.05, 4.69) is 20.0 Å². The summed E-state index contributed by atoms with van der Waals surface area (Å²) < 4.78 is 55.8. The van der Waals surface area contributed by atoms with Gasteiger partial charge in [0.15, 0.2) is 12.0 Å². The third-order valence-electron chi connectivity index (χ3n) is 3.72. The fourth-order valence-electron chi connectivity index (χ4n) is 2.56. The Morgan fingerprint density at radius 2 is 1.93 bits per heavy atom. The van der Waals surface area contributed by atoms with Crippen molar-refractivity contribution in [3.63, 3.8) is 0 Å². The zero-order chi connectivity index (χ0) is 21.9. The summed E-state index contributed by atoms with van der Waals surface area (Å²) in [5, 5.41) is 13.1. The summed E-state index contributed by atoms with van der Waals surface area (Å²) in [7, 11) is -2.77. The smallest absolute Gasteiger partial charge is 0.227 e. The predicted octanol–water partition coefficient (Wildman–Crippen LogP) is 4.01. The largest absolute Gasteiger partial charge is 0.324 e. The molecule has 154 valence electrons. The van der Waals surface area contributed by atoms with E-state index in [4.69, 9.17) is 16.9 Å². The van der Waals surface area contributed by atoms with Gasteiger partial charge in [-0.1, -0.05) is 11.6 Å². The van der Waals surface area contributed by atoms with Gasteiger partial charge in [-0.3, -0.25) is 0 Å². The van der Waals surface area contributed by atoms with Crippen LogP contribution < -0.4 is 10.0 Å². The molecule has 1 atom stereocenters. The lowest BCUT2D eigenvalue weighted by molar-refractivity contribution is 0.580. The van der Waals surface area contributed by atoms with Gasteiger partial charge in [-0.2, -0.15) is 5.26 Å². The van der Waals surface area contributed by atoms with Crippen LogP contribution in [-0.2, 0) is 9.71 Å². The Morgan fingerprint density at radius 3 is 2.63 bits per heavy atom. The maximum atomic E-state index is 14.2. The summed E-state index contributed by atoms with van der Waals surface area (Å²) in [5.41, 5.74) is 0.228. The molecule has 0 fully saturated rings. The highest BCUT2D eigenvalue weighted by Gasteiger charge is 2.15. The minimum Gasteiger partial charge on any atom is -0.324 e. The molecule has 0 aliphatic carbocycles. The number of nitriles is 1. The molecule has 2 aromatic carbocycles. The summed E-state index contributed by atoms with van der Waals surface area (Å²) in [6.45, 7) is 0. The lowest BCUT2D eigenvalue weighted by Gasteiger charge is -2.10. The molecule has 30 heavy (non-hydrogen) atoms. The van der Waals surface area contributed by atoms with Crippen LogP contribution in [0.1, 0.15) is 5.56 Å². The minimum absolute atomic E-state index is 0.0734. The van der Waals surface area contributed by atoms with Gasteiger partial charge in [0, 0.05) is 34.0 Å². The highest BCUT2D eigenvalue weighted by molar-refractivity contribution is 7.99. The fourth-order valence-corrected chi connectivity index (χ4v) is 3.70. The predicted molar refractivity (Wildman–Crippen MR) is 110 cm³/mol. The number of hydrogen-bond acceptors (Lipinski definition) is 5. The van der Waals surface area contributed by atoms with Crippen molar-refractivity contribution in [2.75, 3.05) is 11.6 Å². The molecule has 0 saturated heterocycles. The van der Waals surface area contributed by atoms with E-state index in [1.165, 1.54) is 23.8 Å². The van der Waals surface area contributed by atoms with E-state index >= 15 is 0 Å². The Labute approximate surface area is 175 Å². The van der Waals surface area contributed by atoms with Crippen molar-refractivity contribution in [1.82, 2.24) is 14.7 Å². The van der Waals surface area contributed by atoms with E-state index in [0.29, 0.717) is 17.3 Å². The first-order valence-electron chi connectivity index (χ1n) is 8.22. The number of nitrogens with zero attached hydrogens (tertiary/aromatic N) is 3. The molecule has 3 aromatic rings. The average Bonchev–Trinajstić information content (AvgIpc) is 2.62. The van der Waals surface area contributed by atoms with Crippen molar-refractivity contribution in [3.05, 3.63) is 70.6 Å². The third-order valence-corrected chi connectivity index (χ3v) is 5.15. The normalized spacial score (nSPS) is 12.5. The Morgan fingerprint density at radius 1 is 1.17 bits per heavy atom. The molecule has 0 radical (unpaired) electrons. The Kier molecular flexibility index (Phi) is 6.14. The molecule has 0 amide bonds. The average molecular weight is 452 g/mol. The van der Waals surface area contributed by atoms with Gasteiger partial charge in [0.2, 0.25) is 5.95 Å². The number of anilines is 2. The fraction of sp³-hybridized carbons (Fsp3) is 0.0526. The number of halogens is 4. The SMILES string of the molecule is CS(=O)(=Cc1cc(Cl)cc(Nc2ncc(F)c(-c3ccc(F)cc3F)n2)c1)NC#N. The maximum absolute atomic E-state index is 14.2. The van der Waals surface area contributed by atoms with Crippen LogP contribution >= 0.6 is 11.6 Å². The number of benzene rings is 2. The van der Waals surface area contributed by atoms with Crippen LogP contribution in [0.5, 0.6) is 0 Å². The lowest BCUT2D eigenvalue weighted by Crippen LogP contribution is -2.18. The number of rotatable bonds is 5. The molecule has 0 saturated carbocycles. The molecule has 0 spiro atoms. The zero-order valence-corrected chi connectivity index (χ0v) is 16.9. The Hall–Kier alpha value is -3.29. The van der Waals surface area contributed by atoms with E-state index in [-0.39, 0.29) is 22.2 Å². The van der Waals surface area contributed by atoms with Crippen molar-refractivity contribution in [3.8, 4) is 17.5 Å². The molecule has 6 nitrogen and oxygen atoms in total. The molecule has 1 heterocycles. The number of aromatic nitrogens is 2. The van der Waals surface area contributed by atoms with Crippen LogP contribution in [0.4, 0.5) is 24.8 Å². The highest BCUT2D eigenvalue weighted by atomic mass is 35.5. The van der Waals surface area contributed by atoms with Crippen molar-refractivity contribution in [2.45, 2.75) is 0 Å². The molecule has 1 unspecified atom stereocenters. The van der Waals surface area contributed by atoms with Gasteiger partial charge >= 0.3 is 0 Å². The lowest BCUT2D eigenvalue weighted by atomic mass is 10.1. The zero-order valence-electron chi connectivity index (χ0n) is 15.3. The molecule has 2 N–H and O–H groups in total. The van der Waals surface area contributed by atoms with Gasteiger partial charge in [0.05, 0.1) is 15.9 Å². The quantitative estimate of drug-likeness (QED) is 0.347. The first-order chi connectivity index (χ1) is 14.2. The van der Waals surface area contributed by atoms with Crippen LogP contribution in [0.25, 0.3) is 11.3 Å². The van der Waals surface area contributed by atoms with Gasteiger partial charge < -0.3 is 5.32 Å². The molecule has 1 aromatic heterocycles.